The Morgan fingerprint density at radius 1 is 1.04 bits per heavy atom. The predicted octanol–water partition coefficient (Wildman–Crippen LogP) is 2.64. The summed E-state index contributed by atoms with van der Waals surface area (Å²) in [6.07, 6.45) is 1.14. The smallest absolute Gasteiger partial charge is 0.338 e. The molecule has 1 amide bonds. The summed E-state index contributed by atoms with van der Waals surface area (Å²) in [4.78, 5) is 24.0. The quantitative estimate of drug-likeness (QED) is 0.784. The summed E-state index contributed by atoms with van der Waals surface area (Å²) in [5, 5.41) is 2.71. The Balaban J connectivity index is 1.91. The topological polar surface area (TPSA) is 89.5 Å². The number of rotatable bonds is 6. The molecule has 0 aliphatic heterocycles. The summed E-state index contributed by atoms with van der Waals surface area (Å²) in [5.41, 5.74) is 3.43. The van der Waals surface area contributed by atoms with E-state index in [-0.39, 0.29) is 11.3 Å². The van der Waals surface area contributed by atoms with E-state index in [9.17, 15) is 18.0 Å². The third-order valence-electron chi connectivity index (χ3n) is 3.62. The van der Waals surface area contributed by atoms with E-state index < -0.39 is 28.3 Å². The first kappa shape index (κ1) is 19.7. The Morgan fingerprint density at radius 3 is 2.31 bits per heavy atom. The van der Waals surface area contributed by atoms with Crippen molar-refractivity contribution in [2.24, 2.45) is 0 Å². The summed E-state index contributed by atoms with van der Waals surface area (Å²) < 4.78 is 27.5. The fraction of sp³-hybridized carbons (Fsp3) is 0.263. The minimum Gasteiger partial charge on any atom is -0.452 e. The number of hydrogen-bond acceptors (Lipinski definition) is 5. The van der Waals surface area contributed by atoms with Crippen molar-refractivity contribution < 1.29 is 22.7 Å². The zero-order valence-corrected chi connectivity index (χ0v) is 15.7. The van der Waals surface area contributed by atoms with E-state index in [1.165, 1.54) is 12.1 Å². The van der Waals surface area contributed by atoms with E-state index in [4.69, 9.17) is 4.74 Å². The molecule has 7 heteroatoms. The van der Waals surface area contributed by atoms with Gasteiger partial charge in [0.2, 0.25) is 0 Å². The van der Waals surface area contributed by atoms with E-state index in [2.05, 4.69) is 5.32 Å². The Kier molecular flexibility index (Phi) is 6.15. The van der Waals surface area contributed by atoms with Crippen LogP contribution in [0.4, 0.5) is 5.69 Å². The van der Waals surface area contributed by atoms with Gasteiger partial charge in [0.25, 0.3) is 5.91 Å². The lowest BCUT2D eigenvalue weighted by atomic mass is 10.1. The first-order valence-corrected chi connectivity index (χ1v) is 10.0. The highest BCUT2D eigenvalue weighted by molar-refractivity contribution is 7.89. The van der Waals surface area contributed by atoms with Crippen LogP contribution < -0.4 is 5.32 Å². The molecule has 2 aromatic rings. The lowest BCUT2D eigenvalue weighted by molar-refractivity contribution is -0.119. The number of sulfone groups is 1. The van der Waals surface area contributed by atoms with Crippen molar-refractivity contribution in [3.8, 4) is 0 Å². The van der Waals surface area contributed by atoms with Gasteiger partial charge in [0.05, 0.1) is 11.3 Å². The summed E-state index contributed by atoms with van der Waals surface area (Å²) >= 11 is 0. The van der Waals surface area contributed by atoms with Gasteiger partial charge in [0.1, 0.15) is 0 Å². The first-order chi connectivity index (χ1) is 12.1. The van der Waals surface area contributed by atoms with Gasteiger partial charge in [-0.1, -0.05) is 24.3 Å². The van der Waals surface area contributed by atoms with Crippen LogP contribution in [0.25, 0.3) is 0 Å². The van der Waals surface area contributed by atoms with Crippen molar-refractivity contribution >= 4 is 27.4 Å². The molecule has 26 heavy (non-hydrogen) atoms. The maximum atomic E-state index is 12.0. The SMILES string of the molecule is Cc1ccc(C)c(NC(=O)COC(=O)c2ccc(CS(C)(=O)=O)cc2)c1. The van der Waals surface area contributed by atoms with Crippen LogP contribution in [0.15, 0.2) is 42.5 Å². The highest BCUT2D eigenvalue weighted by atomic mass is 32.2. The second kappa shape index (κ2) is 8.14. The lowest BCUT2D eigenvalue weighted by Crippen LogP contribution is -2.21. The number of carbonyl (C=O) groups excluding carboxylic acids is 2. The Hall–Kier alpha value is -2.67. The first-order valence-electron chi connectivity index (χ1n) is 7.95. The van der Waals surface area contributed by atoms with E-state index in [1.54, 1.807) is 12.1 Å². The van der Waals surface area contributed by atoms with Crippen LogP contribution in [0.3, 0.4) is 0 Å². The molecule has 0 atom stereocenters. The Bertz CT molecular complexity index is 917. The van der Waals surface area contributed by atoms with Crippen molar-refractivity contribution in [1.82, 2.24) is 0 Å². The largest absolute Gasteiger partial charge is 0.452 e. The third-order valence-corrected chi connectivity index (χ3v) is 4.48. The zero-order chi connectivity index (χ0) is 19.3. The monoisotopic (exact) mass is 375 g/mol. The van der Waals surface area contributed by atoms with Crippen molar-refractivity contribution in [3.63, 3.8) is 0 Å². The van der Waals surface area contributed by atoms with Gasteiger partial charge in [-0.3, -0.25) is 4.79 Å². The standard InChI is InChI=1S/C19H21NO5S/c1-13-4-5-14(2)17(10-13)20-18(21)11-25-19(22)16-8-6-15(7-9-16)12-26(3,23)24/h4-10H,11-12H2,1-3H3,(H,20,21). The molecule has 2 rings (SSSR count). The summed E-state index contributed by atoms with van der Waals surface area (Å²) in [5.74, 6) is -1.17. The molecule has 0 radical (unpaired) electrons. The molecule has 0 saturated carbocycles. The molecule has 138 valence electrons. The van der Waals surface area contributed by atoms with Crippen LogP contribution in [0.5, 0.6) is 0 Å². The molecule has 0 bridgehead atoms. The number of ether oxygens (including phenoxy) is 1. The molecule has 0 aromatic heterocycles. The molecular weight excluding hydrogens is 354 g/mol. The predicted molar refractivity (Wildman–Crippen MR) is 99.8 cm³/mol. The second-order valence-electron chi connectivity index (χ2n) is 6.21. The van der Waals surface area contributed by atoms with Gasteiger partial charge in [-0.05, 0) is 48.7 Å². The van der Waals surface area contributed by atoms with Crippen LogP contribution in [0.2, 0.25) is 0 Å². The van der Waals surface area contributed by atoms with Gasteiger partial charge < -0.3 is 10.1 Å². The molecule has 0 aliphatic carbocycles. The average Bonchev–Trinajstić information content (AvgIpc) is 2.55. The number of nitrogens with one attached hydrogen (secondary N) is 1. The molecule has 0 unspecified atom stereocenters. The molecular formula is C19H21NO5S. The van der Waals surface area contributed by atoms with Gasteiger partial charge in [-0.15, -0.1) is 0 Å². The minimum atomic E-state index is -3.14. The Labute approximate surface area is 153 Å². The summed E-state index contributed by atoms with van der Waals surface area (Å²) in [7, 11) is -3.14. The maximum absolute atomic E-state index is 12.0. The highest BCUT2D eigenvalue weighted by Gasteiger charge is 2.12. The molecule has 6 nitrogen and oxygen atoms in total. The molecule has 2 aromatic carbocycles. The van der Waals surface area contributed by atoms with Crippen molar-refractivity contribution in [2.45, 2.75) is 19.6 Å². The summed E-state index contributed by atoms with van der Waals surface area (Å²) in [6, 6.07) is 11.7. The fourth-order valence-electron chi connectivity index (χ4n) is 2.31. The van der Waals surface area contributed by atoms with E-state index in [0.717, 1.165) is 17.4 Å². The van der Waals surface area contributed by atoms with Crippen LogP contribution in [-0.4, -0.2) is 33.2 Å². The summed E-state index contributed by atoms with van der Waals surface area (Å²) in [6.45, 7) is 3.39. The third kappa shape index (κ3) is 6.00. The maximum Gasteiger partial charge on any atom is 0.338 e. The molecule has 0 heterocycles. The van der Waals surface area contributed by atoms with Crippen molar-refractivity contribution in [3.05, 3.63) is 64.7 Å². The van der Waals surface area contributed by atoms with E-state index >= 15 is 0 Å². The van der Waals surface area contributed by atoms with Gasteiger partial charge in [0, 0.05) is 11.9 Å². The van der Waals surface area contributed by atoms with Gasteiger partial charge >= 0.3 is 5.97 Å². The molecule has 1 N–H and O–H groups in total. The number of hydrogen-bond donors (Lipinski definition) is 1. The van der Waals surface area contributed by atoms with E-state index in [1.807, 2.05) is 32.0 Å². The number of esters is 1. The minimum absolute atomic E-state index is 0.0966. The zero-order valence-electron chi connectivity index (χ0n) is 14.9. The molecule has 0 fully saturated rings. The normalized spacial score (nSPS) is 11.0. The molecule has 0 aliphatic rings. The van der Waals surface area contributed by atoms with Crippen LogP contribution in [0, 0.1) is 13.8 Å². The average molecular weight is 375 g/mol. The number of amides is 1. The number of aryl methyl sites for hydroxylation is 2. The number of carbonyl (C=O) groups is 2. The second-order valence-corrected chi connectivity index (χ2v) is 8.35. The van der Waals surface area contributed by atoms with Crippen LogP contribution >= 0.6 is 0 Å². The van der Waals surface area contributed by atoms with Crippen LogP contribution in [-0.2, 0) is 25.1 Å². The molecule has 0 spiro atoms. The highest BCUT2D eigenvalue weighted by Crippen LogP contribution is 2.16. The van der Waals surface area contributed by atoms with Crippen molar-refractivity contribution in [1.29, 1.82) is 0 Å². The van der Waals surface area contributed by atoms with E-state index in [0.29, 0.717) is 11.3 Å². The van der Waals surface area contributed by atoms with Gasteiger partial charge in [-0.25, -0.2) is 13.2 Å². The number of benzene rings is 2. The van der Waals surface area contributed by atoms with Gasteiger partial charge in [-0.2, -0.15) is 0 Å². The van der Waals surface area contributed by atoms with Crippen LogP contribution in [0.1, 0.15) is 27.0 Å². The van der Waals surface area contributed by atoms with Gasteiger partial charge in [0.15, 0.2) is 16.4 Å². The molecule has 0 saturated heterocycles. The van der Waals surface area contributed by atoms with Crippen molar-refractivity contribution in [2.75, 3.05) is 18.2 Å². The Morgan fingerprint density at radius 2 is 1.69 bits per heavy atom. The lowest BCUT2D eigenvalue weighted by Gasteiger charge is -2.10. The number of anilines is 1. The fourth-order valence-corrected chi connectivity index (χ4v) is 3.11.